The molecule has 0 amide bonds. The van der Waals surface area contributed by atoms with Crippen LogP contribution < -0.4 is 4.84 Å². The van der Waals surface area contributed by atoms with Crippen LogP contribution in [0.4, 0.5) is 5.69 Å². The number of benzene rings is 1. The molecule has 96 valence electrons. The van der Waals surface area contributed by atoms with Crippen LogP contribution >= 0.6 is 0 Å². The number of nitrogens with zero attached hydrogens (tertiary/aromatic N) is 4. The summed E-state index contributed by atoms with van der Waals surface area (Å²) >= 11 is 0. The molecular weight excluding hydrogens is 248 g/mol. The molecule has 0 N–H and O–H groups in total. The predicted octanol–water partition coefficient (Wildman–Crippen LogP) is 1.77. The summed E-state index contributed by atoms with van der Waals surface area (Å²) in [6.45, 7) is 0. The van der Waals surface area contributed by atoms with E-state index < -0.39 is 4.92 Å². The molecule has 2 heterocycles. The third kappa shape index (κ3) is 1.81. The van der Waals surface area contributed by atoms with Crippen molar-refractivity contribution in [2.45, 2.75) is 0 Å². The number of rotatable bonds is 3. The zero-order valence-electron chi connectivity index (χ0n) is 10.1. The van der Waals surface area contributed by atoms with Gasteiger partial charge in [0, 0.05) is 30.1 Å². The van der Waals surface area contributed by atoms with Crippen molar-refractivity contribution in [3.63, 3.8) is 0 Å². The van der Waals surface area contributed by atoms with E-state index in [4.69, 9.17) is 4.84 Å². The largest absolute Gasteiger partial charge is 0.414 e. The van der Waals surface area contributed by atoms with Gasteiger partial charge in [0.1, 0.15) is 7.11 Å². The van der Waals surface area contributed by atoms with Gasteiger partial charge in [-0.3, -0.25) is 14.5 Å². The van der Waals surface area contributed by atoms with E-state index >= 15 is 0 Å². The van der Waals surface area contributed by atoms with E-state index in [1.54, 1.807) is 25.4 Å². The molecule has 0 aliphatic heterocycles. The topological polar surface area (TPSA) is 74.6 Å². The van der Waals surface area contributed by atoms with E-state index in [0.717, 1.165) is 11.3 Å². The van der Waals surface area contributed by atoms with Crippen LogP contribution in [-0.4, -0.2) is 26.1 Å². The van der Waals surface area contributed by atoms with Crippen LogP contribution in [0.1, 0.15) is 0 Å². The van der Waals surface area contributed by atoms with Crippen molar-refractivity contribution in [3.8, 4) is 11.3 Å². The molecule has 7 nitrogen and oxygen atoms in total. The van der Waals surface area contributed by atoms with E-state index in [1.165, 1.54) is 16.9 Å². The van der Waals surface area contributed by atoms with Crippen molar-refractivity contribution in [1.82, 2.24) is 14.1 Å². The van der Waals surface area contributed by atoms with Gasteiger partial charge in [-0.15, -0.1) is 0 Å². The molecule has 0 atom stereocenters. The molecule has 3 rings (SSSR count). The fourth-order valence-electron chi connectivity index (χ4n) is 1.89. The number of hydrogen-bond donors (Lipinski definition) is 0. The summed E-state index contributed by atoms with van der Waals surface area (Å²) in [4.78, 5) is 19.7. The van der Waals surface area contributed by atoms with Crippen molar-refractivity contribution >= 4 is 11.5 Å². The van der Waals surface area contributed by atoms with Gasteiger partial charge < -0.3 is 4.84 Å². The van der Waals surface area contributed by atoms with Gasteiger partial charge in [0.05, 0.1) is 16.8 Å². The smallest absolute Gasteiger partial charge is 0.269 e. The third-order valence-electron chi connectivity index (χ3n) is 2.84. The highest BCUT2D eigenvalue weighted by molar-refractivity contribution is 5.63. The highest BCUT2D eigenvalue weighted by Gasteiger charge is 2.10. The summed E-state index contributed by atoms with van der Waals surface area (Å²) in [5.41, 5.74) is 1.61. The second kappa shape index (κ2) is 4.13. The minimum atomic E-state index is -0.424. The summed E-state index contributed by atoms with van der Waals surface area (Å²) in [5, 5.41) is 10.6. The van der Waals surface area contributed by atoms with Gasteiger partial charge in [-0.1, -0.05) is 0 Å². The average Bonchev–Trinajstić information content (AvgIpc) is 2.98. The Bertz CT molecular complexity index is 742. The lowest BCUT2D eigenvalue weighted by atomic mass is 10.1. The molecule has 0 unspecified atom stereocenters. The van der Waals surface area contributed by atoms with Gasteiger partial charge in [-0.05, 0) is 12.1 Å². The maximum Gasteiger partial charge on any atom is 0.269 e. The van der Waals surface area contributed by atoms with Crippen LogP contribution in [0.2, 0.25) is 0 Å². The molecule has 0 bridgehead atoms. The normalized spacial score (nSPS) is 10.8. The molecule has 3 aromatic rings. The van der Waals surface area contributed by atoms with Crippen molar-refractivity contribution in [3.05, 3.63) is 53.0 Å². The molecular formula is C12H10N4O3. The summed E-state index contributed by atoms with van der Waals surface area (Å²) in [5.74, 6) is 0.649. The molecule has 7 heteroatoms. The number of fused-ring (bicyclic) bond motifs is 1. The Kier molecular flexibility index (Phi) is 2.45. The van der Waals surface area contributed by atoms with E-state index in [1.807, 2.05) is 16.8 Å². The number of imidazole rings is 2. The first-order valence-electron chi connectivity index (χ1n) is 5.54. The fourth-order valence-corrected chi connectivity index (χ4v) is 1.89. The van der Waals surface area contributed by atoms with Gasteiger partial charge in [0.15, 0.2) is 0 Å². The van der Waals surface area contributed by atoms with Crippen molar-refractivity contribution in [2.75, 3.05) is 7.11 Å². The van der Waals surface area contributed by atoms with E-state index in [2.05, 4.69) is 4.98 Å². The van der Waals surface area contributed by atoms with E-state index in [9.17, 15) is 10.1 Å². The SMILES string of the molecule is COn1ccn2cc(-c3ccc([N+](=O)[O-])cc3)nc12. The number of hydrogen-bond acceptors (Lipinski definition) is 4. The van der Waals surface area contributed by atoms with Crippen LogP contribution in [-0.2, 0) is 0 Å². The molecule has 0 saturated carbocycles. The van der Waals surface area contributed by atoms with Crippen molar-refractivity contribution in [2.24, 2.45) is 0 Å². The monoisotopic (exact) mass is 258 g/mol. The van der Waals surface area contributed by atoms with Gasteiger partial charge in [0.25, 0.3) is 5.69 Å². The first-order chi connectivity index (χ1) is 9.19. The molecule has 0 fully saturated rings. The molecule has 0 aliphatic carbocycles. The van der Waals surface area contributed by atoms with Crippen LogP contribution in [0.25, 0.3) is 17.0 Å². The quantitative estimate of drug-likeness (QED) is 0.530. The zero-order valence-corrected chi connectivity index (χ0v) is 10.1. The number of non-ortho nitro benzene ring substituents is 1. The Morgan fingerprint density at radius 3 is 2.63 bits per heavy atom. The van der Waals surface area contributed by atoms with Crippen molar-refractivity contribution < 1.29 is 9.76 Å². The van der Waals surface area contributed by atoms with E-state index in [0.29, 0.717) is 5.78 Å². The number of aromatic nitrogens is 3. The molecule has 0 radical (unpaired) electrons. The molecule has 0 spiro atoms. The van der Waals surface area contributed by atoms with Crippen molar-refractivity contribution in [1.29, 1.82) is 0 Å². The lowest BCUT2D eigenvalue weighted by Gasteiger charge is -1.97. The second-order valence-electron chi connectivity index (χ2n) is 3.94. The van der Waals surface area contributed by atoms with Gasteiger partial charge >= 0.3 is 0 Å². The van der Waals surface area contributed by atoms with Crippen LogP contribution in [0.5, 0.6) is 0 Å². The molecule has 19 heavy (non-hydrogen) atoms. The van der Waals surface area contributed by atoms with Gasteiger partial charge in [-0.2, -0.15) is 4.73 Å². The maximum atomic E-state index is 10.6. The Hall–Kier alpha value is -2.83. The molecule has 1 aromatic carbocycles. The Morgan fingerprint density at radius 2 is 2.00 bits per heavy atom. The van der Waals surface area contributed by atoms with Crippen LogP contribution in [0.3, 0.4) is 0 Å². The Balaban J connectivity index is 2.03. The minimum absolute atomic E-state index is 0.0638. The molecule has 2 aromatic heterocycles. The van der Waals surface area contributed by atoms with Crippen LogP contribution in [0, 0.1) is 10.1 Å². The predicted molar refractivity (Wildman–Crippen MR) is 67.8 cm³/mol. The standard InChI is InChI=1S/C12H10N4O3/c1-19-15-7-6-14-8-11(13-12(14)15)9-2-4-10(5-3-9)16(17)18/h2-8H,1H3. The summed E-state index contributed by atoms with van der Waals surface area (Å²) in [6, 6.07) is 6.28. The van der Waals surface area contributed by atoms with E-state index in [-0.39, 0.29) is 5.69 Å². The summed E-state index contributed by atoms with van der Waals surface area (Å²) in [7, 11) is 1.56. The summed E-state index contributed by atoms with van der Waals surface area (Å²) < 4.78 is 3.36. The Morgan fingerprint density at radius 1 is 1.26 bits per heavy atom. The minimum Gasteiger partial charge on any atom is -0.414 e. The molecule has 0 aliphatic rings. The first kappa shape index (κ1) is 11.3. The lowest BCUT2D eigenvalue weighted by molar-refractivity contribution is -0.384. The highest BCUT2D eigenvalue weighted by Crippen LogP contribution is 2.22. The summed E-state index contributed by atoms with van der Waals surface area (Å²) in [6.07, 6.45) is 5.41. The molecule has 0 saturated heterocycles. The number of nitro groups is 1. The second-order valence-corrected chi connectivity index (χ2v) is 3.94. The lowest BCUT2D eigenvalue weighted by Crippen LogP contribution is -2.03. The van der Waals surface area contributed by atoms with Gasteiger partial charge in [-0.25, -0.2) is 4.98 Å². The fraction of sp³-hybridized carbons (Fsp3) is 0.0833. The van der Waals surface area contributed by atoms with Gasteiger partial charge in [0.2, 0.25) is 5.78 Å². The highest BCUT2D eigenvalue weighted by atomic mass is 16.6. The first-order valence-corrected chi connectivity index (χ1v) is 5.54. The van der Waals surface area contributed by atoms with Crippen LogP contribution in [0.15, 0.2) is 42.9 Å². The average molecular weight is 258 g/mol. The number of nitro benzene ring substituents is 1. The Labute approximate surface area is 107 Å². The maximum absolute atomic E-state index is 10.6. The third-order valence-corrected chi connectivity index (χ3v) is 2.84. The zero-order chi connectivity index (χ0) is 13.4.